The van der Waals surface area contributed by atoms with E-state index in [-0.39, 0.29) is 12.6 Å². The molecule has 3 N–H and O–H groups in total. The fourth-order valence-corrected chi connectivity index (χ4v) is 5.71. The molecule has 4 rings (SSSR count). The number of benzene rings is 2. The summed E-state index contributed by atoms with van der Waals surface area (Å²) in [6.45, 7) is 5.81. The highest BCUT2D eigenvalue weighted by atomic mass is 32.1. The maximum atomic E-state index is 13.3. The lowest BCUT2D eigenvalue weighted by Crippen LogP contribution is -2.58. The van der Waals surface area contributed by atoms with E-state index in [2.05, 4.69) is 36.3 Å². The van der Waals surface area contributed by atoms with Gasteiger partial charge in [-0.05, 0) is 56.4 Å². The highest BCUT2D eigenvalue weighted by Gasteiger charge is 2.46. The Kier molecular flexibility index (Phi) is 8.50. The van der Waals surface area contributed by atoms with Gasteiger partial charge in [0.05, 0.1) is 25.4 Å². The van der Waals surface area contributed by atoms with E-state index in [0.717, 1.165) is 24.6 Å². The molecular formula is C29H35N3O5S. The molecule has 38 heavy (non-hydrogen) atoms. The monoisotopic (exact) mass is 537 g/mol. The quantitative estimate of drug-likeness (QED) is 0.386. The van der Waals surface area contributed by atoms with E-state index < -0.39 is 23.5 Å². The summed E-state index contributed by atoms with van der Waals surface area (Å²) in [7, 11) is 1.57. The van der Waals surface area contributed by atoms with Crippen molar-refractivity contribution in [2.75, 3.05) is 13.7 Å². The van der Waals surface area contributed by atoms with Gasteiger partial charge in [-0.25, -0.2) is 4.98 Å². The lowest BCUT2D eigenvalue weighted by atomic mass is 9.95. The Labute approximate surface area is 227 Å². The Hall–Kier alpha value is -3.27. The predicted molar refractivity (Wildman–Crippen MR) is 146 cm³/mol. The molecule has 0 saturated carbocycles. The van der Waals surface area contributed by atoms with E-state index >= 15 is 0 Å². The lowest BCUT2D eigenvalue weighted by Gasteiger charge is -2.33. The third-order valence-corrected chi connectivity index (χ3v) is 8.16. The minimum atomic E-state index is -2.32. The number of carbonyl (C=O) groups excluding carboxylic acids is 2. The molecular weight excluding hydrogens is 502 g/mol. The van der Waals surface area contributed by atoms with Gasteiger partial charge < -0.3 is 25.2 Å². The molecule has 0 aliphatic carbocycles. The summed E-state index contributed by atoms with van der Waals surface area (Å²) in [4.78, 5) is 32.3. The second-order valence-corrected chi connectivity index (χ2v) is 10.9. The van der Waals surface area contributed by atoms with E-state index in [1.54, 1.807) is 7.11 Å². The number of nitrogens with one attached hydrogen (secondary N) is 1. The number of aliphatic hydroxyl groups excluding tert-OH is 1. The molecule has 2 amide bonds. The van der Waals surface area contributed by atoms with Gasteiger partial charge in [-0.3, -0.25) is 9.59 Å². The van der Waals surface area contributed by atoms with Gasteiger partial charge in [-0.15, -0.1) is 11.3 Å². The normalized spacial score (nSPS) is 17.6. The summed E-state index contributed by atoms with van der Waals surface area (Å²) in [5.41, 5.74) is 3.05. The van der Waals surface area contributed by atoms with Crippen LogP contribution in [-0.4, -0.2) is 57.3 Å². The molecule has 1 aliphatic rings. The van der Waals surface area contributed by atoms with E-state index in [4.69, 9.17) is 4.74 Å². The predicted octanol–water partition coefficient (Wildman–Crippen LogP) is 3.45. The van der Waals surface area contributed by atoms with E-state index in [0.29, 0.717) is 30.1 Å². The number of carbonyl (C=O) groups is 2. The fraction of sp³-hybridized carbons (Fsp3) is 0.414. The minimum absolute atomic E-state index is 0.0842. The van der Waals surface area contributed by atoms with Crippen molar-refractivity contribution in [1.29, 1.82) is 0 Å². The van der Waals surface area contributed by atoms with Crippen LogP contribution >= 0.6 is 11.3 Å². The minimum Gasteiger partial charge on any atom is -0.496 e. The number of nitrogens with zero attached hydrogens (tertiary/aromatic N) is 2. The summed E-state index contributed by atoms with van der Waals surface area (Å²) in [5, 5.41) is 27.0. The Morgan fingerprint density at radius 3 is 2.63 bits per heavy atom. The van der Waals surface area contributed by atoms with Gasteiger partial charge in [0.25, 0.3) is 11.8 Å². The molecule has 0 spiro atoms. The van der Waals surface area contributed by atoms with E-state index in [1.807, 2.05) is 35.7 Å². The summed E-state index contributed by atoms with van der Waals surface area (Å²) in [6.07, 6.45) is 0.205. The molecule has 1 fully saturated rings. The van der Waals surface area contributed by atoms with Gasteiger partial charge in [-0.1, -0.05) is 36.4 Å². The average molecular weight is 538 g/mol. The summed E-state index contributed by atoms with van der Waals surface area (Å²) in [6, 6.07) is 13.3. The van der Waals surface area contributed by atoms with Crippen molar-refractivity contribution >= 4 is 23.2 Å². The number of thiazole rings is 1. The number of hydrogen-bond donors (Lipinski definition) is 3. The summed E-state index contributed by atoms with van der Waals surface area (Å²) >= 11 is 1.41. The van der Waals surface area contributed by atoms with Gasteiger partial charge in [0, 0.05) is 23.9 Å². The third-order valence-electron chi connectivity index (χ3n) is 7.26. The van der Waals surface area contributed by atoms with Crippen molar-refractivity contribution < 1.29 is 24.5 Å². The standard InChI is InChI=1S/C29H35N3O5S/c1-18-9-7-10-19(2)22(18)15-20-17-38-25(31-20)16-30-28(35)29(3,36)26(33)27(34)32-14-8-12-23(32)21-11-5-6-13-24(21)37-4/h5-7,9-11,13,17,23,26,33,36H,8,12,14-16H2,1-4H3,(H,30,35)/t23?,26-,29-/m0/s1. The van der Waals surface area contributed by atoms with Crippen molar-refractivity contribution in [2.45, 2.75) is 64.3 Å². The largest absolute Gasteiger partial charge is 0.496 e. The number of likely N-dealkylation sites (tertiary alicyclic amines) is 1. The van der Waals surface area contributed by atoms with Crippen LogP contribution in [0.5, 0.6) is 5.75 Å². The second-order valence-electron chi connectivity index (χ2n) is 9.94. The molecule has 3 atom stereocenters. The Balaban J connectivity index is 1.39. The van der Waals surface area contributed by atoms with Crippen LogP contribution < -0.4 is 10.1 Å². The molecule has 1 aliphatic heterocycles. The van der Waals surface area contributed by atoms with Gasteiger partial charge in [0.15, 0.2) is 11.7 Å². The summed E-state index contributed by atoms with van der Waals surface area (Å²) in [5.74, 6) is -0.877. The van der Waals surface area contributed by atoms with E-state index in [9.17, 15) is 19.8 Å². The first kappa shape index (κ1) is 27.8. The number of aryl methyl sites for hydroxylation is 2. The Morgan fingerprint density at radius 2 is 1.92 bits per heavy atom. The van der Waals surface area contributed by atoms with Crippen molar-refractivity contribution in [3.05, 3.63) is 80.8 Å². The number of hydrogen-bond acceptors (Lipinski definition) is 7. The zero-order chi connectivity index (χ0) is 27.4. The first-order valence-electron chi connectivity index (χ1n) is 12.7. The molecule has 1 unspecified atom stereocenters. The summed E-state index contributed by atoms with van der Waals surface area (Å²) < 4.78 is 5.45. The molecule has 9 heteroatoms. The Morgan fingerprint density at radius 1 is 1.21 bits per heavy atom. The highest BCUT2D eigenvalue weighted by Crippen LogP contribution is 2.37. The van der Waals surface area contributed by atoms with Crippen LogP contribution in [0.15, 0.2) is 47.8 Å². The van der Waals surface area contributed by atoms with Crippen molar-refractivity contribution in [1.82, 2.24) is 15.2 Å². The number of aliphatic hydroxyl groups is 2. The molecule has 202 valence electrons. The molecule has 2 heterocycles. The molecule has 1 saturated heterocycles. The molecule has 2 aromatic carbocycles. The topological polar surface area (TPSA) is 112 Å². The zero-order valence-corrected chi connectivity index (χ0v) is 23.0. The van der Waals surface area contributed by atoms with Crippen molar-refractivity contribution in [2.24, 2.45) is 0 Å². The van der Waals surface area contributed by atoms with Gasteiger partial charge >= 0.3 is 0 Å². The fourth-order valence-electron chi connectivity index (χ4n) is 4.97. The van der Waals surface area contributed by atoms with Gasteiger partial charge in [-0.2, -0.15) is 0 Å². The van der Waals surface area contributed by atoms with Crippen LogP contribution in [0.3, 0.4) is 0 Å². The first-order chi connectivity index (χ1) is 18.1. The second kappa shape index (κ2) is 11.6. The van der Waals surface area contributed by atoms with Crippen LogP contribution in [0.2, 0.25) is 0 Å². The van der Waals surface area contributed by atoms with Crippen LogP contribution in [0.1, 0.15) is 58.8 Å². The molecule has 0 bridgehead atoms. The third kappa shape index (κ3) is 5.75. The molecule has 8 nitrogen and oxygen atoms in total. The first-order valence-corrected chi connectivity index (χ1v) is 13.6. The van der Waals surface area contributed by atoms with Crippen LogP contribution in [0.25, 0.3) is 0 Å². The maximum Gasteiger partial charge on any atom is 0.255 e. The van der Waals surface area contributed by atoms with Crippen LogP contribution in [0, 0.1) is 13.8 Å². The van der Waals surface area contributed by atoms with Crippen molar-refractivity contribution in [3.63, 3.8) is 0 Å². The number of methoxy groups -OCH3 is 1. The zero-order valence-electron chi connectivity index (χ0n) is 22.2. The maximum absolute atomic E-state index is 13.3. The van der Waals surface area contributed by atoms with Crippen molar-refractivity contribution in [3.8, 4) is 5.75 Å². The van der Waals surface area contributed by atoms with Gasteiger partial charge in [0.2, 0.25) is 0 Å². The van der Waals surface area contributed by atoms with E-state index in [1.165, 1.54) is 32.9 Å². The lowest BCUT2D eigenvalue weighted by molar-refractivity contribution is -0.166. The smallest absolute Gasteiger partial charge is 0.255 e. The van der Waals surface area contributed by atoms with Gasteiger partial charge in [0.1, 0.15) is 10.8 Å². The SMILES string of the molecule is COc1ccccc1C1CCCN1C(=O)[C@H](O)[C@](C)(O)C(=O)NCc1nc(Cc2c(C)cccc2C)cs1. The van der Waals surface area contributed by atoms with Crippen LogP contribution in [0.4, 0.5) is 0 Å². The number of rotatable bonds is 9. The number of para-hydroxylation sites is 1. The molecule has 3 aromatic rings. The molecule has 0 radical (unpaired) electrons. The van der Waals surface area contributed by atoms with Crippen LogP contribution in [-0.2, 0) is 22.6 Å². The number of ether oxygens (including phenoxy) is 1. The highest BCUT2D eigenvalue weighted by molar-refractivity contribution is 7.09. The number of aromatic nitrogens is 1. The number of amides is 2. The Bertz CT molecular complexity index is 1280. The molecule has 1 aromatic heterocycles. The average Bonchev–Trinajstić information content (AvgIpc) is 3.58.